The Morgan fingerprint density at radius 3 is 2.25 bits per heavy atom. The zero-order valence-corrected chi connectivity index (χ0v) is 16.1. The minimum absolute atomic E-state index is 0.0598. The summed E-state index contributed by atoms with van der Waals surface area (Å²) in [5, 5.41) is 0.617. The second-order valence-corrected chi connectivity index (χ2v) is 9.46. The molecule has 0 aliphatic carbocycles. The molecule has 3 atom stereocenters. The third-order valence-electron chi connectivity index (χ3n) is 5.08. The second-order valence-electron chi connectivity index (χ2n) is 6.52. The lowest BCUT2D eigenvalue weighted by Gasteiger charge is -2.49. The van der Waals surface area contributed by atoms with Crippen LogP contribution < -0.4 is 4.90 Å². The number of rotatable bonds is 4. The average molecular weight is 393 g/mol. The van der Waals surface area contributed by atoms with Gasteiger partial charge in [0.15, 0.2) is 0 Å². The number of anilines is 1. The van der Waals surface area contributed by atoms with Crippen LogP contribution in [0.25, 0.3) is 0 Å². The van der Waals surface area contributed by atoms with E-state index in [0.717, 1.165) is 32.1 Å². The quantitative estimate of drug-likeness (QED) is 0.736. The summed E-state index contributed by atoms with van der Waals surface area (Å²) in [6, 6.07) is 1.80. The van der Waals surface area contributed by atoms with Crippen molar-refractivity contribution in [2.24, 2.45) is 0 Å². The maximum atomic E-state index is 12.5. The molecule has 9 heteroatoms. The molecule has 0 aromatic carbocycles. The third kappa shape index (κ3) is 3.49. The van der Waals surface area contributed by atoms with Crippen LogP contribution in [0.3, 0.4) is 0 Å². The van der Waals surface area contributed by atoms with Crippen molar-refractivity contribution in [3.05, 3.63) is 16.4 Å². The smallest absolute Gasteiger partial charge is 0.228 e. The van der Waals surface area contributed by atoms with Gasteiger partial charge < -0.3 is 4.90 Å². The van der Waals surface area contributed by atoms with E-state index < -0.39 is 10.0 Å². The Hall–Kier alpha value is -0.630. The largest absolute Gasteiger partial charge is 0.341 e. The summed E-state index contributed by atoms with van der Waals surface area (Å²) in [5.41, 5.74) is 0. The summed E-state index contributed by atoms with van der Waals surface area (Å²) >= 11 is 12.0. The zero-order valence-electron chi connectivity index (χ0n) is 13.8. The Balaban J connectivity index is 1.83. The molecule has 2 fully saturated rings. The summed E-state index contributed by atoms with van der Waals surface area (Å²) in [7, 11) is -1.24. The minimum Gasteiger partial charge on any atom is -0.341 e. The van der Waals surface area contributed by atoms with Gasteiger partial charge >= 0.3 is 0 Å². The van der Waals surface area contributed by atoms with Gasteiger partial charge in [-0.25, -0.2) is 18.4 Å². The Labute approximate surface area is 153 Å². The molecule has 1 aromatic rings. The lowest BCUT2D eigenvalue weighted by atomic mass is 9.83. The SMILES string of the molecule is CCS(=O)(=O)N1[C@@H]2CCC[C@H]1C[C@H](N(C)c1nc(Cl)cc(Cl)n1)C2. The molecule has 2 saturated heterocycles. The van der Waals surface area contributed by atoms with Crippen LogP contribution >= 0.6 is 23.2 Å². The van der Waals surface area contributed by atoms with Gasteiger partial charge in [0.1, 0.15) is 10.3 Å². The van der Waals surface area contributed by atoms with E-state index in [1.54, 1.807) is 11.2 Å². The molecule has 0 saturated carbocycles. The number of hydrogen-bond acceptors (Lipinski definition) is 5. The number of hydrogen-bond donors (Lipinski definition) is 0. The maximum absolute atomic E-state index is 12.5. The number of aromatic nitrogens is 2. The molecule has 134 valence electrons. The molecule has 2 aliphatic heterocycles. The first kappa shape index (κ1) is 18.2. The van der Waals surface area contributed by atoms with Crippen molar-refractivity contribution in [1.82, 2.24) is 14.3 Å². The van der Waals surface area contributed by atoms with Gasteiger partial charge in [0.2, 0.25) is 16.0 Å². The number of halogens is 2. The molecule has 1 aromatic heterocycles. The fraction of sp³-hybridized carbons (Fsp3) is 0.733. The lowest BCUT2D eigenvalue weighted by molar-refractivity contribution is 0.109. The van der Waals surface area contributed by atoms with Crippen LogP contribution in [0, 0.1) is 0 Å². The lowest BCUT2D eigenvalue weighted by Crippen LogP contribution is -2.58. The van der Waals surface area contributed by atoms with Crippen LogP contribution in [0.15, 0.2) is 6.07 Å². The summed E-state index contributed by atoms with van der Waals surface area (Å²) in [6.07, 6.45) is 4.47. The first-order valence-electron chi connectivity index (χ1n) is 8.26. The predicted octanol–water partition coefficient (Wildman–Crippen LogP) is 2.95. The van der Waals surface area contributed by atoms with E-state index >= 15 is 0 Å². The topological polar surface area (TPSA) is 66.4 Å². The van der Waals surface area contributed by atoms with Gasteiger partial charge in [-0.1, -0.05) is 29.6 Å². The number of piperidine rings is 2. The maximum Gasteiger partial charge on any atom is 0.228 e. The summed E-state index contributed by atoms with van der Waals surface area (Å²) < 4.78 is 26.7. The van der Waals surface area contributed by atoms with Crippen molar-refractivity contribution in [3.8, 4) is 0 Å². The molecule has 0 unspecified atom stereocenters. The third-order valence-corrected chi connectivity index (χ3v) is 7.44. The first-order valence-corrected chi connectivity index (χ1v) is 10.6. The normalized spacial score (nSPS) is 27.9. The molecule has 0 radical (unpaired) electrons. The minimum atomic E-state index is -3.17. The standard InChI is InChI=1S/C15H22Cl2N4O2S/c1-3-24(22,23)21-10-5-4-6-11(21)8-12(7-10)20(2)15-18-13(16)9-14(17)19-15/h9-12H,3-8H2,1-2H3/t10-,11+,12-. The molecule has 2 bridgehead atoms. The predicted molar refractivity (Wildman–Crippen MR) is 96.2 cm³/mol. The first-order chi connectivity index (χ1) is 11.3. The van der Waals surface area contributed by atoms with E-state index in [1.165, 1.54) is 6.07 Å². The van der Waals surface area contributed by atoms with Gasteiger partial charge in [-0.15, -0.1) is 0 Å². The Morgan fingerprint density at radius 1 is 1.21 bits per heavy atom. The summed E-state index contributed by atoms with van der Waals surface area (Å²) in [5.74, 6) is 0.649. The molecule has 0 N–H and O–H groups in total. The van der Waals surface area contributed by atoms with Crippen molar-refractivity contribution >= 4 is 39.2 Å². The molecule has 0 amide bonds. The van der Waals surface area contributed by atoms with Gasteiger partial charge in [-0.05, 0) is 32.6 Å². The van der Waals surface area contributed by atoms with E-state index in [9.17, 15) is 8.42 Å². The van der Waals surface area contributed by atoms with E-state index in [2.05, 4.69) is 9.97 Å². The second kappa shape index (κ2) is 6.94. The van der Waals surface area contributed by atoms with Crippen LogP contribution in [0.2, 0.25) is 10.3 Å². The van der Waals surface area contributed by atoms with Crippen LogP contribution in [-0.4, -0.2) is 53.6 Å². The molecule has 3 rings (SSSR count). The van der Waals surface area contributed by atoms with E-state index in [1.807, 2.05) is 11.9 Å². The Bertz CT molecular complexity index is 681. The van der Waals surface area contributed by atoms with Crippen molar-refractivity contribution < 1.29 is 8.42 Å². The van der Waals surface area contributed by atoms with Crippen LogP contribution in [0.4, 0.5) is 5.95 Å². The van der Waals surface area contributed by atoms with Gasteiger partial charge in [-0.2, -0.15) is 4.31 Å². The highest BCUT2D eigenvalue weighted by molar-refractivity contribution is 7.89. The highest BCUT2D eigenvalue weighted by Crippen LogP contribution is 2.38. The Kier molecular flexibility index (Phi) is 5.25. The van der Waals surface area contributed by atoms with Crippen molar-refractivity contribution in [1.29, 1.82) is 0 Å². The molecule has 0 spiro atoms. The highest BCUT2D eigenvalue weighted by atomic mass is 35.5. The average Bonchev–Trinajstić information content (AvgIpc) is 2.52. The van der Waals surface area contributed by atoms with Crippen LogP contribution in [0.1, 0.15) is 39.0 Å². The highest BCUT2D eigenvalue weighted by Gasteiger charge is 2.44. The Morgan fingerprint density at radius 2 is 1.75 bits per heavy atom. The van der Waals surface area contributed by atoms with Gasteiger partial charge in [0.25, 0.3) is 0 Å². The van der Waals surface area contributed by atoms with Gasteiger partial charge in [-0.3, -0.25) is 0 Å². The summed E-state index contributed by atoms with van der Waals surface area (Å²) in [4.78, 5) is 10.5. The van der Waals surface area contributed by atoms with Crippen LogP contribution in [-0.2, 0) is 10.0 Å². The molecule has 24 heavy (non-hydrogen) atoms. The van der Waals surface area contributed by atoms with Gasteiger partial charge in [0, 0.05) is 31.2 Å². The van der Waals surface area contributed by atoms with Crippen LogP contribution in [0.5, 0.6) is 0 Å². The number of nitrogens with zero attached hydrogens (tertiary/aromatic N) is 4. The zero-order chi connectivity index (χ0) is 17.5. The van der Waals surface area contributed by atoms with Crippen molar-refractivity contribution in [2.75, 3.05) is 17.7 Å². The summed E-state index contributed by atoms with van der Waals surface area (Å²) in [6.45, 7) is 1.71. The van der Waals surface area contributed by atoms with E-state index in [4.69, 9.17) is 23.2 Å². The fourth-order valence-corrected chi connectivity index (χ4v) is 5.93. The van der Waals surface area contributed by atoms with Crippen molar-refractivity contribution in [2.45, 2.75) is 57.2 Å². The molecule has 6 nitrogen and oxygen atoms in total. The fourth-order valence-electron chi connectivity index (χ4n) is 3.93. The van der Waals surface area contributed by atoms with E-state index in [0.29, 0.717) is 16.3 Å². The van der Waals surface area contributed by atoms with Gasteiger partial charge in [0.05, 0.1) is 5.75 Å². The molecular formula is C15H22Cl2N4O2S. The molecule has 2 aliphatic rings. The monoisotopic (exact) mass is 392 g/mol. The number of sulfonamides is 1. The number of fused-ring (bicyclic) bond motifs is 2. The van der Waals surface area contributed by atoms with Crippen molar-refractivity contribution in [3.63, 3.8) is 0 Å². The molecule has 3 heterocycles. The molecular weight excluding hydrogens is 371 g/mol. The van der Waals surface area contributed by atoms with E-state index in [-0.39, 0.29) is 23.9 Å².